The first kappa shape index (κ1) is 14.2. The number of nitrogens with one attached hydrogen (secondary N) is 1. The predicted molar refractivity (Wildman–Crippen MR) is 74.6 cm³/mol. The van der Waals surface area contributed by atoms with Gasteiger partial charge in [-0.05, 0) is 30.3 Å². The number of hydrogen-bond acceptors (Lipinski definition) is 6. The van der Waals surface area contributed by atoms with Crippen molar-refractivity contribution in [3.8, 4) is 23.0 Å². The summed E-state index contributed by atoms with van der Waals surface area (Å²) in [4.78, 5) is 11.7. The van der Waals surface area contributed by atoms with Crippen molar-refractivity contribution in [2.24, 2.45) is 5.10 Å². The summed E-state index contributed by atoms with van der Waals surface area (Å²) >= 11 is 0. The molecule has 2 aromatic rings. The Bertz CT molecular complexity index is 689. The minimum absolute atomic E-state index is 0.0417. The number of nitrogens with zero attached hydrogens (tertiary/aromatic N) is 1. The van der Waals surface area contributed by atoms with E-state index in [0.717, 1.165) is 0 Å². The minimum atomic E-state index is -0.629. The van der Waals surface area contributed by atoms with Crippen LogP contribution in [0.4, 0.5) is 0 Å². The molecule has 0 spiro atoms. The quantitative estimate of drug-likeness (QED) is 0.331. The minimum Gasteiger partial charge on any atom is -0.508 e. The molecule has 0 radical (unpaired) electrons. The Labute approximate surface area is 119 Å². The molecule has 0 bridgehead atoms. The van der Waals surface area contributed by atoms with Gasteiger partial charge in [0.15, 0.2) is 17.2 Å². The van der Waals surface area contributed by atoms with Crippen molar-refractivity contribution in [3.63, 3.8) is 0 Å². The van der Waals surface area contributed by atoms with Gasteiger partial charge in [-0.25, -0.2) is 5.43 Å². The Morgan fingerprint density at radius 1 is 1.05 bits per heavy atom. The van der Waals surface area contributed by atoms with Crippen LogP contribution < -0.4 is 5.43 Å². The van der Waals surface area contributed by atoms with E-state index in [9.17, 15) is 25.2 Å². The Balaban J connectivity index is 2.07. The summed E-state index contributed by atoms with van der Waals surface area (Å²) in [5.74, 6) is -2.21. The lowest BCUT2D eigenvalue weighted by Gasteiger charge is -2.02. The number of carbonyl (C=O) groups is 1. The van der Waals surface area contributed by atoms with E-state index in [-0.39, 0.29) is 16.9 Å². The molecule has 0 saturated heterocycles. The molecule has 7 heteroatoms. The van der Waals surface area contributed by atoms with E-state index in [1.54, 1.807) is 0 Å². The van der Waals surface area contributed by atoms with Gasteiger partial charge in [0.05, 0.1) is 6.21 Å². The standard InChI is InChI=1S/C14H12N2O5/c17-10-3-1-2-9(6-10)14(21)16-15-7-8-4-11(18)13(20)12(19)5-8/h1-7,17-20H,(H,16,21)/b15-7+. The second-order valence-corrected chi connectivity index (χ2v) is 4.16. The summed E-state index contributed by atoms with van der Waals surface area (Å²) in [6, 6.07) is 8.07. The fraction of sp³-hybridized carbons (Fsp3) is 0. The molecule has 0 saturated carbocycles. The van der Waals surface area contributed by atoms with Crippen molar-refractivity contribution in [2.45, 2.75) is 0 Å². The number of amides is 1. The molecular weight excluding hydrogens is 276 g/mol. The van der Waals surface area contributed by atoms with Gasteiger partial charge in [0.1, 0.15) is 5.75 Å². The highest BCUT2D eigenvalue weighted by molar-refractivity contribution is 5.95. The third kappa shape index (κ3) is 3.41. The highest BCUT2D eigenvalue weighted by Gasteiger charge is 2.07. The molecule has 0 aromatic heterocycles. The highest BCUT2D eigenvalue weighted by Crippen LogP contribution is 2.34. The normalized spacial score (nSPS) is 10.7. The second-order valence-electron chi connectivity index (χ2n) is 4.16. The van der Waals surface area contributed by atoms with Crippen LogP contribution in [-0.4, -0.2) is 32.5 Å². The maximum absolute atomic E-state index is 11.7. The number of hydrogen-bond donors (Lipinski definition) is 5. The molecular formula is C14H12N2O5. The average Bonchev–Trinajstić information content (AvgIpc) is 2.44. The van der Waals surface area contributed by atoms with Gasteiger partial charge in [0.25, 0.3) is 5.91 Å². The molecule has 5 N–H and O–H groups in total. The zero-order valence-electron chi connectivity index (χ0n) is 10.7. The van der Waals surface area contributed by atoms with Crippen molar-refractivity contribution in [3.05, 3.63) is 47.5 Å². The smallest absolute Gasteiger partial charge is 0.271 e. The largest absolute Gasteiger partial charge is 0.508 e. The lowest BCUT2D eigenvalue weighted by Crippen LogP contribution is -2.17. The maximum atomic E-state index is 11.7. The van der Waals surface area contributed by atoms with Crippen LogP contribution in [0.1, 0.15) is 15.9 Å². The van der Waals surface area contributed by atoms with Crippen LogP contribution in [0.3, 0.4) is 0 Å². The number of phenols is 4. The first-order valence-electron chi connectivity index (χ1n) is 5.85. The number of hydrazone groups is 1. The molecule has 0 aliphatic heterocycles. The highest BCUT2D eigenvalue weighted by atomic mass is 16.3. The van der Waals surface area contributed by atoms with E-state index in [1.165, 1.54) is 42.6 Å². The first-order chi connectivity index (χ1) is 9.97. The summed E-state index contributed by atoms with van der Waals surface area (Å²) in [5, 5.41) is 40.7. The van der Waals surface area contributed by atoms with E-state index in [2.05, 4.69) is 10.5 Å². The van der Waals surface area contributed by atoms with Crippen molar-refractivity contribution >= 4 is 12.1 Å². The lowest BCUT2D eigenvalue weighted by atomic mass is 10.2. The SMILES string of the molecule is O=C(N/N=C/c1cc(O)c(O)c(O)c1)c1cccc(O)c1. The van der Waals surface area contributed by atoms with E-state index in [4.69, 9.17) is 0 Å². The number of phenolic OH excluding ortho intramolecular Hbond substituents is 4. The van der Waals surface area contributed by atoms with E-state index >= 15 is 0 Å². The maximum Gasteiger partial charge on any atom is 0.271 e. The van der Waals surface area contributed by atoms with Crippen LogP contribution >= 0.6 is 0 Å². The molecule has 21 heavy (non-hydrogen) atoms. The van der Waals surface area contributed by atoms with E-state index < -0.39 is 23.2 Å². The Hall–Kier alpha value is -3.22. The Morgan fingerprint density at radius 3 is 2.33 bits per heavy atom. The Kier molecular flexibility index (Phi) is 3.94. The fourth-order valence-electron chi connectivity index (χ4n) is 1.58. The van der Waals surface area contributed by atoms with Crippen LogP contribution in [0.15, 0.2) is 41.5 Å². The number of aromatic hydroxyl groups is 4. The third-order valence-corrected chi connectivity index (χ3v) is 2.58. The van der Waals surface area contributed by atoms with Gasteiger partial charge in [-0.15, -0.1) is 0 Å². The van der Waals surface area contributed by atoms with Crippen LogP contribution in [-0.2, 0) is 0 Å². The molecule has 108 valence electrons. The van der Waals surface area contributed by atoms with Gasteiger partial charge in [-0.3, -0.25) is 4.79 Å². The van der Waals surface area contributed by atoms with E-state index in [0.29, 0.717) is 0 Å². The zero-order valence-corrected chi connectivity index (χ0v) is 10.7. The van der Waals surface area contributed by atoms with Gasteiger partial charge in [0.2, 0.25) is 0 Å². The van der Waals surface area contributed by atoms with Gasteiger partial charge < -0.3 is 20.4 Å². The molecule has 1 amide bonds. The molecule has 0 atom stereocenters. The third-order valence-electron chi connectivity index (χ3n) is 2.58. The monoisotopic (exact) mass is 288 g/mol. The summed E-state index contributed by atoms with van der Waals surface area (Å²) in [6.07, 6.45) is 1.18. The summed E-state index contributed by atoms with van der Waals surface area (Å²) in [5.41, 5.74) is 2.72. The topological polar surface area (TPSA) is 122 Å². The van der Waals surface area contributed by atoms with Crippen molar-refractivity contribution in [1.29, 1.82) is 0 Å². The summed E-state index contributed by atoms with van der Waals surface area (Å²) < 4.78 is 0. The van der Waals surface area contributed by atoms with Crippen LogP contribution in [0.5, 0.6) is 23.0 Å². The van der Waals surface area contributed by atoms with E-state index in [1.807, 2.05) is 0 Å². The van der Waals surface area contributed by atoms with Gasteiger partial charge in [-0.1, -0.05) is 6.07 Å². The predicted octanol–water partition coefficient (Wildman–Crippen LogP) is 1.27. The molecule has 2 rings (SSSR count). The molecule has 0 aliphatic carbocycles. The van der Waals surface area contributed by atoms with Crippen LogP contribution in [0.25, 0.3) is 0 Å². The molecule has 0 aliphatic rings. The zero-order chi connectivity index (χ0) is 15.4. The number of rotatable bonds is 3. The Morgan fingerprint density at radius 2 is 1.71 bits per heavy atom. The van der Waals surface area contributed by atoms with Gasteiger partial charge >= 0.3 is 0 Å². The molecule has 0 fully saturated rings. The molecule has 0 unspecified atom stereocenters. The van der Waals surface area contributed by atoms with Gasteiger partial charge in [0, 0.05) is 11.1 Å². The lowest BCUT2D eigenvalue weighted by molar-refractivity contribution is 0.0954. The number of benzene rings is 2. The summed E-state index contributed by atoms with van der Waals surface area (Å²) in [7, 11) is 0. The van der Waals surface area contributed by atoms with Crippen molar-refractivity contribution in [1.82, 2.24) is 5.43 Å². The van der Waals surface area contributed by atoms with Crippen LogP contribution in [0.2, 0.25) is 0 Å². The average molecular weight is 288 g/mol. The second kappa shape index (κ2) is 5.83. The fourth-order valence-corrected chi connectivity index (χ4v) is 1.58. The molecule has 7 nitrogen and oxygen atoms in total. The van der Waals surface area contributed by atoms with Crippen molar-refractivity contribution in [2.75, 3.05) is 0 Å². The van der Waals surface area contributed by atoms with Crippen LogP contribution in [0, 0.1) is 0 Å². The molecule has 0 heterocycles. The summed E-state index contributed by atoms with van der Waals surface area (Å²) in [6.45, 7) is 0. The van der Waals surface area contributed by atoms with Gasteiger partial charge in [-0.2, -0.15) is 5.10 Å². The molecule has 2 aromatic carbocycles. The first-order valence-corrected chi connectivity index (χ1v) is 5.85. The van der Waals surface area contributed by atoms with Crippen molar-refractivity contribution < 1.29 is 25.2 Å². The number of carbonyl (C=O) groups excluding carboxylic acids is 1.